The Labute approximate surface area is 139 Å². The number of rotatable bonds is 10. The van der Waals surface area contributed by atoms with Crippen molar-refractivity contribution in [3.05, 3.63) is 18.2 Å². The summed E-state index contributed by atoms with van der Waals surface area (Å²) in [6, 6.07) is -1.98. The second-order valence-corrected chi connectivity index (χ2v) is 5.36. The van der Waals surface area contributed by atoms with Crippen molar-refractivity contribution in [3.63, 3.8) is 0 Å². The van der Waals surface area contributed by atoms with Gasteiger partial charge in [0.25, 0.3) is 0 Å². The van der Waals surface area contributed by atoms with Crippen LogP contribution in [-0.4, -0.2) is 57.6 Å². The molecule has 0 radical (unpaired) electrons. The van der Waals surface area contributed by atoms with E-state index in [4.69, 9.17) is 22.3 Å². The van der Waals surface area contributed by atoms with E-state index in [0.29, 0.717) is 25.1 Å². The molecule has 10 nitrogen and oxygen atoms in total. The number of carbonyl (C=O) groups is 3. The number of imidazole rings is 1. The Hall–Kier alpha value is -2.30. The maximum Gasteiger partial charge on any atom is 0.326 e. The summed E-state index contributed by atoms with van der Waals surface area (Å²) in [5.41, 5.74) is 16.8. The summed E-state index contributed by atoms with van der Waals surface area (Å²) in [6.07, 6.45) is 4.36. The van der Waals surface area contributed by atoms with E-state index in [1.165, 1.54) is 17.1 Å². The smallest absolute Gasteiger partial charge is 0.326 e. The van der Waals surface area contributed by atoms with Crippen molar-refractivity contribution in [2.45, 2.75) is 37.8 Å². The maximum absolute atomic E-state index is 12.0. The van der Waals surface area contributed by atoms with Crippen LogP contribution in [0.3, 0.4) is 0 Å². The maximum atomic E-state index is 12.0. The standard InChI is InChI=1S/C14H24N6O4/c15-4-2-1-3-11(14(23)24)19-13(22)10(17)5-9-7-20(8-18-9)12(21)6-16/h7-8,10-11H,1-6,15-17H2,(H,19,22)(H,23,24)/t10-,11-/m0/s1. The largest absolute Gasteiger partial charge is 0.480 e. The molecule has 1 rings (SSSR count). The fourth-order valence-electron chi connectivity index (χ4n) is 2.06. The van der Waals surface area contributed by atoms with E-state index in [9.17, 15) is 14.4 Å². The summed E-state index contributed by atoms with van der Waals surface area (Å²) in [5, 5.41) is 11.5. The van der Waals surface area contributed by atoms with Crippen LogP contribution < -0.4 is 22.5 Å². The molecular weight excluding hydrogens is 316 g/mol. The lowest BCUT2D eigenvalue weighted by Gasteiger charge is -2.17. The summed E-state index contributed by atoms with van der Waals surface area (Å²) in [6.45, 7) is 0.301. The summed E-state index contributed by atoms with van der Waals surface area (Å²) in [4.78, 5) is 38.6. The van der Waals surface area contributed by atoms with Crippen LogP contribution in [0, 0.1) is 0 Å². The Morgan fingerprint density at radius 3 is 2.58 bits per heavy atom. The highest BCUT2D eigenvalue weighted by Gasteiger charge is 2.23. The number of nitrogens with zero attached hydrogens (tertiary/aromatic N) is 2. The molecule has 0 aliphatic heterocycles. The van der Waals surface area contributed by atoms with Crippen molar-refractivity contribution in [1.29, 1.82) is 0 Å². The highest BCUT2D eigenvalue weighted by atomic mass is 16.4. The van der Waals surface area contributed by atoms with Crippen molar-refractivity contribution >= 4 is 17.8 Å². The Bertz CT molecular complexity index is 573. The van der Waals surface area contributed by atoms with Crippen molar-refractivity contribution in [2.24, 2.45) is 17.2 Å². The van der Waals surface area contributed by atoms with Crippen LogP contribution >= 0.6 is 0 Å². The van der Waals surface area contributed by atoms with Crippen LogP contribution in [0.2, 0.25) is 0 Å². The average molecular weight is 340 g/mol. The zero-order valence-corrected chi connectivity index (χ0v) is 13.4. The molecule has 1 aromatic heterocycles. The third kappa shape index (κ3) is 6.07. The van der Waals surface area contributed by atoms with Crippen molar-refractivity contribution < 1.29 is 19.5 Å². The fraction of sp³-hybridized carbons (Fsp3) is 0.571. The summed E-state index contributed by atoms with van der Waals surface area (Å²) < 4.78 is 1.22. The monoisotopic (exact) mass is 340 g/mol. The van der Waals surface area contributed by atoms with Gasteiger partial charge in [0.2, 0.25) is 11.8 Å². The number of aliphatic carboxylic acids is 1. The number of amides is 1. The second kappa shape index (κ2) is 9.75. The van der Waals surface area contributed by atoms with Crippen LogP contribution in [0.5, 0.6) is 0 Å². The number of aromatic nitrogens is 2. The number of carboxylic acid groups (broad SMARTS) is 1. The molecule has 1 aromatic rings. The van der Waals surface area contributed by atoms with Gasteiger partial charge in [-0.2, -0.15) is 0 Å². The van der Waals surface area contributed by atoms with Gasteiger partial charge in [0, 0.05) is 12.6 Å². The number of carbonyl (C=O) groups excluding carboxylic acids is 2. The lowest BCUT2D eigenvalue weighted by atomic mass is 10.1. The Balaban J connectivity index is 2.57. The second-order valence-electron chi connectivity index (χ2n) is 5.36. The molecule has 0 aliphatic rings. The zero-order chi connectivity index (χ0) is 18.1. The molecule has 24 heavy (non-hydrogen) atoms. The van der Waals surface area contributed by atoms with Gasteiger partial charge in [-0.05, 0) is 25.8 Å². The van der Waals surface area contributed by atoms with Crippen LogP contribution in [-0.2, 0) is 16.0 Å². The van der Waals surface area contributed by atoms with Crippen molar-refractivity contribution in [2.75, 3.05) is 13.1 Å². The quantitative estimate of drug-likeness (QED) is 0.305. The first-order chi connectivity index (χ1) is 11.4. The zero-order valence-electron chi connectivity index (χ0n) is 13.4. The fourth-order valence-corrected chi connectivity index (χ4v) is 2.06. The van der Waals surface area contributed by atoms with E-state index < -0.39 is 24.0 Å². The third-order valence-electron chi connectivity index (χ3n) is 3.43. The predicted molar refractivity (Wildman–Crippen MR) is 86.1 cm³/mol. The molecule has 134 valence electrons. The molecule has 0 fully saturated rings. The molecule has 0 unspecified atom stereocenters. The van der Waals surface area contributed by atoms with Crippen LogP contribution in [0.1, 0.15) is 29.8 Å². The molecule has 0 bridgehead atoms. The van der Waals surface area contributed by atoms with E-state index in [2.05, 4.69) is 10.3 Å². The number of nitrogens with one attached hydrogen (secondary N) is 1. The van der Waals surface area contributed by atoms with Gasteiger partial charge in [0.1, 0.15) is 12.4 Å². The number of hydrogen-bond acceptors (Lipinski definition) is 7. The number of nitrogens with two attached hydrogens (primary N) is 3. The van der Waals surface area contributed by atoms with E-state index in [0.717, 1.165) is 0 Å². The third-order valence-corrected chi connectivity index (χ3v) is 3.43. The van der Waals surface area contributed by atoms with Crippen molar-refractivity contribution in [1.82, 2.24) is 14.9 Å². The highest BCUT2D eigenvalue weighted by molar-refractivity contribution is 5.87. The molecule has 2 atom stereocenters. The first-order valence-corrected chi connectivity index (χ1v) is 7.64. The highest BCUT2D eigenvalue weighted by Crippen LogP contribution is 2.04. The minimum atomic E-state index is -1.12. The molecule has 1 heterocycles. The van der Waals surface area contributed by atoms with Gasteiger partial charge in [-0.3, -0.25) is 14.2 Å². The first kappa shape index (κ1) is 19.7. The minimum absolute atomic E-state index is 0.0752. The van der Waals surface area contributed by atoms with Crippen LogP contribution in [0.15, 0.2) is 12.5 Å². The van der Waals surface area contributed by atoms with Gasteiger partial charge in [-0.1, -0.05) is 0 Å². The SMILES string of the molecule is NCCCC[C@H](NC(=O)[C@@H](N)Cc1cn(C(=O)CN)cn1)C(=O)O. The van der Waals surface area contributed by atoms with E-state index in [-0.39, 0.29) is 25.3 Å². The molecule has 1 amide bonds. The predicted octanol–water partition coefficient (Wildman–Crippen LogP) is -1.95. The molecule has 0 spiro atoms. The van der Waals surface area contributed by atoms with Crippen LogP contribution in [0.25, 0.3) is 0 Å². The Morgan fingerprint density at radius 1 is 1.29 bits per heavy atom. The Kier molecular flexibility index (Phi) is 8.02. The molecule has 10 heteroatoms. The minimum Gasteiger partial charge on any atom is -0.480 e. The normalized spacial score (nSPS) is 13.3. The Morgan fingerprint density at radius 2 is 2.00 bits per heavy atom. The molecule has 0 aliphatic carbocycles. The number of hydrogen-bond donors (Lipinski definition) is 5. The van der Waals surface area contributed by atoms with Gasteiger partial charge in [0.15, 0.2) is 0 Å². The van der Waals surface area contributed by atoms with Gasteiger partial charge in [0.05, 0.1) is 18.3 Å². The lowest BCUT2D eigenvalue weighted by Crippen LogP contribution is -2.49. The topological polar surface area (TPSA) is 179 Å². The van der Waals surface area contributed by atoms with Crippen molar-refractivity contribution in [3.8, 4) is 0 Å². The summed E-state index contributed by atoms with van der Waals surface area (Å²) in [5.74, 6) is -2.04. The average Bonchev–Trinajstić information content (AvgIpc) is 3.01. The summed E-state index contributed by atoms with van der Waals surface area (Å²) >= 11 is 0. The summed E-state index contributed by atoms with van der Waals surface area (Å²) in [7, 11) is 0. The van der Waals surface area contributed by atoms with E-state index in [1.54, 1.807) is 0 Å². The number of carboxylic acids is 1. The molecule has 0 saturated carbocycles. The molecule has 0 aromatic carbocycles. The molecule has 0 saturated heterocycles. The van der Waals surface area contributed by atoms with Gasteiger partial charge >= 0.3 is 5.97 Å². The van der Waals surface area contributed by atoms with Crippen LogP contribution in [0.4, 0.5) is 0 Å². The van der Waals surface area contributed by atoms with Gasteiger partial charge < -0.3 is 27.6 Å². The molecular formula is C14H24N6O4. The van der Waals surface area contributed by atoms with E-state index >= 15 is 0 Å². The molecule has 8 N–H and O–H groups in total. The lowest BCUT2D eigenvalue weighted by molar-refractivity contribution is -0.142. The first-order valence-electron chi connectivity index (χ1n) is 7.64. The number of unbranched alkanes of at least 4 members (excludes halogenated alkanes) is 1. The van der Waals surface area contributed by atoms with Gasteiger partial charge in [-0.15, -0.1) is 0 Å². The van der Waals surface area contributed by atoms with Gasteiger partial charge in [-0.25, -0.2) is 9.78 Å². The van der Waals surface area contributed by atoms with E-state index in [1.807, 2.05) is 0 Å².